The SMILES string of the molecule is C/C=C/c1nnnn1Cc1ccsc1. The molecular weight excluding hydrogens is 196 g/mol. The quantitative estimate of drug-likeness (QED) is 0.769. The molecule has 0 aliphatic carbocycles. The summed E-state index contributed by atoms with van der Waals surface area (Å²) in [6.07, 6.45) is 3.82. The van der Waals surface area contributed by atoms with Crippen molar-refractivity contribution >= 4 is 17.4 Å². The zero-order valence-corrected chi connectivity index (χ0v) is 8.61. The normalized spacial score (nSPS) is 11.2. The summed E-state index contributed by atoms with van der Waals surface area (Å²) >= 11 is 1.68. The summed E-state index contributed by atoms with van der Waals surface area (Å²) in [6.45, 7) is 2.68. The molecule has 4 nitrogen and oxygen atoms in total. The first-order valence-corrected chi connectivity index (χ1v) is 5.24. The molecule has 0 aromatic carbocycles. The molecular formula is C9H10N4S. The van der Waals surface area contributed by atoms with E-state index in [0.717, 1.165) is 12.4 Å². The lowest BCUT2D eigenvalue weighted by Crippen LogP contribution is -2.03. The lowest BCUT2D eigenvalue weighted by molar-refractivity contribution is 0.645. The minimum atomic E-state index is 0.732. The topological polar surface area (TPSA) is 43.6 Å². The molecule has 0 unspecified atom stereocenters. The molecule has 2 aromatic rings. The van der Waals surface area contributed by atoms with E-state index < -0.39 is 0 Å². The monoisotopic (exact) mass is 206 g/mol. The number of hydrogen-bond acceptors (Lipinski definition) is 4. The lowest BCUT2D eigenvalue weighted by Gasteiger charge is -1.98. The van der Waals surface area contributed by atoms with E-state index in [-0.39, 0.29) is 0 Å². The van der Waals surface area contributed by atoms with E-state index in [1.165, 1.54) is 5.56 Å². The second kappa shape index (κ2) is 4.15. The van der Waals surface area contributed by atoms with Crippen molar-refractivity contribution in [2.24, 2.45) is 0 Å². The minimum Gasteiger partial charge on any atom is -0.221 e. The molecule has 2 heterocycles. The summed E-state index contributed by atoms with van der Waals surface area (Å²) < 4.78 is 1.78. The first-order valence-electron chi connectivity index (χ1n) is 4.30. The number of thiophene rings is 1. The largest absolute Gasteiger partial charge is 0.221 e. The summed E-state index contributed by atoms with van der Waals surface area (Å²) in [7, 11) is 0. The van der Waals surface area contributed by atoms with Crippen LogP contribution in [0.5, 0.6) is 0 Å². The van der Waals surface area contributed by atoms with E-state index >= 15 is 0 Å². The van der Waals surface area contributed by atoms with Gasteiger partial charge in [-0.05, 0) is 45.8 Å². The molecule has 0 aliphatic heterocycles. The van der Waals surface area contributed by atoms with Crippen molar-refractivity contribution in [1.29, 1.82) is 0 Å². The van der Waals surface area contributed by atoms with E-state index in [2.05, 4.69) is 32.4 Å². The van der Waals surface area contributed by atoms with Gasteiger partial charge in [0.25, 0.3) is 0 Å². The van der Waals surface area contributed by atoms with E-state index in [1.807, 2.05) is 19.1 Å². The number of nitrogens with zero attached hydrogens (tertiary/aromatic N) is 4. The first-order chi connectivity index (χ1) is 6.90. The van der Waals surface area contributed by atoms with Crippen molar-refractivity contribution in [3.63, 3.8) is 0 Å². The van der Waals surface area contributed by atoms with Gasteiger partial charge >= 0.3 is 0 Å². The fraction of sp³-hybridized carbons (Fsp3) is 0.222. The van der Waals surface area contributed by atoms with Crippen LogP contribution in [0.15, 0.2) is 22.9 Å². The second-order valence-corrected chi connectivity index (χ2v) is 3.61. The Hall–Kier alpha value is -1.49. The predicted octanol–water partition coefficient (Wildman–Crippen LogP) is 1.82. The standard InChI is InChI=1S/C9H10N4S/c1-2-3-9-10-11-12-13(9)6-8-4-5-14-7-8/h2-5,7H,6H2,1H3/b3-2+. The van der Waals surface area contributed by atoms with Crippen molar-refractivity contribution in [3.05, 3.63) is 34.3 Å². The van der Waals surface area contributed by atoms with Gasteiger partial charge in [0.1, 0.15) is 0 Å². The zero-order chi connectivity index (χ0) is 9.80. The van der Waals surface area contributed by atoms with Crippen LogP contribution in [-0.2, 0) is 6.54 Å². The van der Waals surface area contributed by atoms with Crippen LogP contribution < -0.4 is 0 Å². The molecule has 0 aliphatic rings. The van der Waals surface area contributed by atoms with Gasteiger partial charge in [-0.3, -0.25) is 0 Å². The molecule has 14 heavy (non-hydrogen) atoms. The maximum absolute atomic E-state index is 3.92. The van der Waals surface area contributed by atoms with Gasteiger partial charge in [0, 0.05) is 0 Å². The lowest BCUT2D eigenvalue weighted by atomic mass is 10.3. The van der Waals surface area contributed by atoms with Crippen LogP contribution >= 0.6 is 11.3 Å². The van der Waals surface area contributed by atoms with Crippen molar-refractivity contribution in [2.45, 2.75) is 13.5 Å². The number of rotatable bonds is 3. The molecule has 0 saturated carbocycles. The highest BCUT2D eigenvalue weighted by Crippen LogP contribution is 2.08. The predicted molar refractivity (Wildman–Crippen MR) is 55.9 cm³/mol. The Morgan fingerprint density at radius 1 is 1.57 bits per heavy atom. The van der Waals surface area contributed by atoms with E-state index in [1.54, 1.807) is 16.0 Å². The molecule has 72 valence electrons. The fourth-order valence-corrected chi connectivity index (χ4v) is 1.81. The van der Waals surface area contributed by atoms with Gasteiger partial charge in [-0.15, -0.1) is 5.10 Å². The Labute approximate surface area is 85.9 Å². The van der Waals surface area contributed by atoms with E-state index in [0.29, 0.717) is 0 Å². The van der Waals surface area contributed by atoms with E-state index in [4.69, 9.17) is 0 Å². The van der Waals surface area contributed by atoms with Gasteiger partial charge in [-0.2, -0.15) is 11.3 Å². The second-order valence-electron chi connectivity index (χ2n) is 2.83. The maximum atomic E-state index is 3.92. The molecule has 5 heteroatoms. The number of tetrazole rings is 1. The molecule has 2 rings (SSSR count). The molecule has 0 bridgehead atoms. The number of allylic oxidation sites excluding steroid dienone is 1. The Kier molecular flexibility index (Phi) is 2.69. The Bertz CT molecular complexity index is 416. The summed E-state index contributed by atoms with van der Waals surface area (Å²) in [5, 5.41) is 15.6. The summed E-state index contributed by atoms with van der Waals surface area (Å²) in [5.41, 5.74) is 1.23. The number of aromatic nitrogens is 4. The van der Waals surface area contributed by atoms with Crippen LogP contribution in [0.3, 0.4) is 0 Å². The molecule has 0 saturated heterocycles. The van der Waals surface area contributed by atoms with Crippen LogP contribution in [0, 0.1) is 0 Å². The van der Waals surface area contributed by atoms with Crippen LogP contribution in [0.2, 0.25) is 0 Å². The van der Waals surface area contributed by atoms with Crippen LogP contribution in [-0.4, -0.2) is 20.2 Å². The molecule has 0 radical (unpaired) electrons. The van der Waals surface area contributed by atoms with Crippen molar-refractivity contribution in [2.75, 3.05) is 0 Å². The van der Waals surface area contributed by atoms with Gasteiger partial charge in [0.05, 0.1) is 6.54 Å². The van der Waals surface area contributed by atoms with Crippen molar-refractivity contribution in [1.82, 2.24) is 20.2 Å². The smallest absolute Gasteiger partial charge is 0.174 e. The maximum Gasteiger partial charge on any atom is 0.174 e. The average Bonchev–Trinajstić information content (AvgIpc) is 2.80. The van der Waals surface area contributed by atoms with Crippen LogP contribution in [0.25, 0.3) is 6.08 Å². The number of hydrogen-bond donors (Lipinski definition) is 0. The third-order valence-corrected chi connectivity index (χ3v) is 2.52. The first kappa shape index (κ1) is 9.08. The Balaban J connectivity index is 2.20. The zero-order valence-electron chi connectivity index (χ0n) is 7.79. The molecule has 0 amide bonds. The van der Waals surface area contributed by atoms with Crippen LogP contribution in [0.4, 0.5) is 0 Å². The Morgan fingerprint density at radius 2 is 2.50 bits per heavy atom. The summed E-state index contributed by atoms with van der Waals surface area (Å²) in [6, 6.07) is 2.08. The summed E-state index contributed by atoms with van der Waals surface area (Å²) in [5.74, 6) is 0.790. The van der Waals surface area contributed by atoms with Gasteiger partial charge < -0.3 is 0 Å². The highest BCUT2D eigenvalue weighted by atomic mass is 32.1. The van der Waals surface area contributed by atoms with E-state index in [9.17, 15) is 0 Å². The third kappa shape index (κ3) is 1.88. The minimum absolute atomic E-state index is 0.732. The highest BCUT2D eigenvalue weighted by molar-refractivity contribution is 7.07. The molecule has 0 spiro atoms. The van der Waals surface area contributed by atoms with Gasteiger partial charge in [0.15, 0.2) is 5.82 Å². The van der Waals surface area contributed by atoms with Gasteiger partial charge in [0.2, 0.25) is 0 Å². The molecule has 0 atom stereocenters. The summed E-state index contributed by atoms with van der Waals surface area (Å²) in [4.78, 5) is 0. The Morgan fingerprint density at radius 3 is 3.21 bits per heavy atom. The van der Waals surface area contributed by atoms with Crippen molar-refractivity contribution in [3.8, 4) is 0 Å². The molecule has 0 N–H and O–H groups in total. The highest BCUT2D eigenvalue weighted by Gasteiger charge is 2.02. The average molecular weight is 206 g/mol. The van der Waals surface area contributed by atoms with Crippen molar-refractivity contribution < 1.29 is 0 Å². The molecule has 2 aromatic heterocycles. The molecule has 0 fully saturated rings. The third-order valence-electron chi connectivity index (χ3n) is 1.79. The van der Waals surface area contributed by atoms with Crippen LogP contribution in [0.1, 0.15) is 18.3 Å². The fourth-order valence-electron chi connectivity index (χ4n) is 1.15. The van der Waals surface area contributed by atoms with Gasteiger partial charge in [-0.1, -0.05) is 6.08 Å². The van der Waals surface area contributed by atoms with Gasteiger partial charge in [-0.25, -0.2) is 4.68 Å².